The van der Waals surface area contributed by atoms with Gasteiger partial charge < -0.3 is 15.0 Å². The van der Waals surface area contributed by atoms with Gasteiger partial charge >= 0.3 is 0 Å². The van der Waals surface area contributed by atoms with Crippen molar-refractivity contribution < 1.29 is 18.8 Å². The summed E-state index contributed by atoms with van der Waals surface area (Å²) in [6.45, 7) is 4.57. The summed E-state index contributed by atoms with van der Waals surface area (Å²) in [4.78, 5) is 15.6. The second-order valence-electron chi connectivity index (χ2n) is 7.02. The lowest BCUT2D eigenvalue weighted by Crippen LogP contribution is -3.12. The average molecular weight is 375 g/mol. The number of nitrogens with one attached hydrogen (secondary N) is 2. The Morgan fingerprint density at radius 1 is 1.15 bits per heavy atom. The van der Waals surface area contributed by atoms with E-state index in [9.17, 15) is 9.18 Å². The molecular formula is C20H24FN2O2S+. The zero-order chi connectivity index (χ0) is 17.9. The predicted molar refractivity (Wildman–Crippen MR) is 101 cm³/mol. The Hall–Kier alpha value is -1.76. The van der Waals surface area contributed by atoms with E-state index in [1.165, 1.54) is 58.0 Å². The van der Waals surface area contributed by atoms with Crippen molar-refractivity contribution in [2.75, 3.05) is 31.6 Å². The number of amides is 1. The minimum atomic E-state index is -0.329. The number of carbonyl (C=O) groups excluding carboxylic acids is 1. The first kappa shape index (κ1) is 17.6. The number of ether oxygens (including phenoxy) is 1. The van der Waals surface area contributed by atoms with Crippen LogP contribution in [0, 0.1) is 5.82 Å². The minimum absolute atomic E-state index is 0.165. The molecule has 2 heterocycles. The van der Waals surface area contributed by atoms with E-state index in [1.54, 1.807) is 11.3 Å². The van der Waals surface area contributed by atoms with Crippen LogP contribution in [0.4, 0.5) is 9.39 Å². The van der Waals surface area contributed by atoms with Crippen LogP contribution in [-0.2, 0) is 24.1 Å². The van der Waals surface area contributed by atoms with Gasteiger partial charge in [-0.05, 0) is 55.5 Å². The van der Waals surface area contributed by atoms with Crippen molar-refractivity contribution in [3.8, 4) is 0 Å². The van der Waals surface area contributed by atoms with Gasteiger partial charge in [-0.3, -0.25) is 4.79 Å². The lowest BCUT2D eigenvalue weighted by molar-refractivity contribution is -0.921. The third-order valence-electron chi connectivity index (χ3n) is 5.24. The summed E-state index contributed by atoms with van der Waals surface area (Å²) in [7, 11) is 0. The molecule has 1 aliphatic carbocycles. The van der Waals surface area contributed by atoms with Gasteiger partial charge in [-0.25, -0.2) is 4.39 Å². The van der Waals surface area contributed by atoms with Crippen molar-refractivity contribution in [2.24, 2.45) is 0 Å². The standard InChI is InChI=1S/C20H23FN2O2S/c21-15-7-5-14(6-8-15)19(24)22-20-17(13-23-9-11-25-12-10-23)16-3-1-2-4-18(16)26-20/h5-8H,1-4,9-13H2,(H,22,24)/p+1. The van der Waals surface area contributed by atoms with E-state index in [-0.39, 0.29) is 11.7 Å². The maximum atomic E-state index is 13.1. The summed E-state index contributed by atoms with van der Waals surface area (Å²) < 4.78 is 18.6. The lowest BCUT2D eigenvalue weighted by atomic mass is 9.95. The topological polar surface area (TPSA) is 42.8 Å². The molecule has 0 bridgehead atoms. The summed E-state index contributed by atoms with van der Waals surface area (Å²) in [5.41, 5.74) is 3.24. The number of hydrogen-bond acceptors (Lipinski definition) is 3. The summed E-state index contributed by atoms with van der Waals surface area (Å²) in [6, 6.07) is 5.72. The summed E-state index contributed by atoms with van der Waals surface area (Å²) >= 11 is 1.73. The molecule has 2 N–H and O–H groups in total. The van der Waals surface area contributed by atoms with Gasteiger partial charge in [0.1, 0.15) is 30.5 Å². The van der Waals surface area contributed by atoms with Crippen molar-refractivity contribution in [3.05, 3.63) is 51.7 Å². The second-order valence-corrected chi connectivity index (χ2v) is 8.12. The second kappa shape index (κ2) is 7.86. The number of quaternary nitrogens is 1. The molecule has 26 heavy (non-hydrogen) atoms. The number of morpholine rings is 1. The Morgan fingerprint density at radius 3 is 2.65 bits per heavy atom. The maximum Gasteiger partial charge on any atom is 0.256 e. The van der Waals surface area contributed by atoms with Crippen molar-refractivity contribution in [1.82, 2.24) is 0 Å². The molecule has 1 amide bonds. The van der Waals surface area contributed by atoms with Gasteiger partial charge in [-0.15, -0.1) is 11.3 Å². The van der Waals surface area contributed by atoms with Gasteiger partial charge in [0.05, 0.1) is 13.2 Å². The van der Waals surface area contributed by atoms with Gasteiger partial charge in [0.15, 0.2) is 0 Å². The van der Waals surface area contributed by atoms with Crippen LogP contribution in [0.3, 0.4) is 0 Å². The first-order valence-corrected chi connectivity index (χ1v) is 10.1. The predicted octanol–water partition coefficient (Wildman–Crippen LogP) is 2.43. The molecule has 2 aliphatic rings. The molecule has 1 aliphatic heterocycles. The molecule has 4 nitrogen and oxygen atoms in total. The van der Waals surface area contributed by atoms with E-state index in [4.69, 9.17) is 4.74 Å². The van der Waals surface area contributed by atoms with Crippen molar-refractivity contribution in [2.45, 2.75) is 32.2 Å². The highest BCUT2D eigenvalue weighted by molar-refractivity contribution is 7.16. The molecule has 0 atom stereocenters. The molecule has 2 aromatic rings. The fourth-order valence-electron chi connectivity index (χ4n) is 3.78. The Morgan fingerprint density at radius 2 is 1.88 bits per heavy atom. The number of benzene rings is 1. The first-order chi connectivity index (χ1) is 12.7. The molecule has 4 rings (SSSR count). The molecule has 0 spiro atoms. The van der Waals surface area contributed by atoms with E-state index in [1.807, 2.05) is 0 Å². The Balaban J connectivity index is 1.58. The van der Waals surface area contributed by atoms with Crippen molar-refractivity contribution >= 4 is 22.2 Å². The quantitative estimate of drug-likeness (QED) is 0.862. The van der Waals surface area contributed by atoms with E-state index >= 15 is 0 Å². The largest absolute Gasteiger partial charge is 0.370 e. The van der Waals surface area contributed by atoms with Crippen LogP contribution in [0.2, 0.25) is 0 Å². The molecule has 0 saturated carbocycles. The normalized spacial score (nSPS) is 17.7. The lowest BCUT2D eigenvalue weighted by Gasteiger charge is -2.25. The number of fused-ring (bicyclic) bond motifs is 1. The highest BCUT2D eigenvalue weighted by atomic mass is 32.1. The molecule has 1 aromatic carbocycles. The summed E-state index contributed by atoms with van der Waals surface area (Å²) in [5, 5.41) is 4.08. The molecule has 1 aromatic heterocycles. The number of carbonyl (C=O) groups is 1. The monoisotopic (exact) mass is 375 g/mol. The summed E-state index contributed by atoms with van der Waals surface area (Å²) in [5.74, 6) is -0.494. The van der Waals surface area contributed by atoms with Crippen LogP contribution in [0.1, 0.15) is 39.2 Å². The highest BCUT2D eigenvalue weighted by Crippen LogP contribution is 2.38. The van der Waals surface area contributed by atoms with E-state index in [0.29, 0.717) is 5.56 Å². The molecule has 1 saturated heterocycles. The van der Waals surface area contributed by atoms with E-state index in [2.05, 4.69) is 5.32 Å². The van der Waals surface area contributed by atoms with Crippen molar-refractivity contribution in [1.29, 1.82) is 0 Å². The molecular weight excluding hydrogens is 351 g/mol. The van der Waals surface area contributed by atoms with Crippen LogP contribution in [0.15, 0.2) is 24.3 Å². The van der Waals surface area contributed by atoms with Crippen LogP contribution in [0.5, 0.6) is 0 Å². The number of thiophene rings is 1. The zero-order valence-corrected chi connectivity index (χ0v) is 15.6. The van der Waals surface area contributed by atoms with Gasteiger partial charge in [0.2, 0.25) is 0 Å². The number of aryl methyl sites for hydroxylation is 1. The van der Waals surface area contributed by atoms with Crippen molar-refractivity contribution in [3.63, 3.8) is 0 Å². The number of halogens is 1. The Kier molecular flexibility index (Phi) is 5.33. The van der Waals surface area contributed by atoms with Crippen LogP contribution in [-0.4, -0.2) is 32.2 Å². The molecule has 1 fully saturated rings. The van der Waals surface area contributed by atoms with Gasteiger partial charge in [-0.2, -0.15) is 0 Å². The van der Waals surface area contributed by atoms with Crippen LogP contribution < -0.4 is 10.2 Å². The number of rotatable bonds is 4. The fourth-order valence-corrected chi connectivity index (χ4v) is 5.09. The molecule has 138 valence electrons. The van der Waals surface area contributed by atoms with Gasteiger partial charge in [0.25, 0.3) is 5.91 Å². The van der Waals surface area contributed by atoms with Gasteiger partial charge in [-0.1, -0.05) is 0 Å². The Labute approximate surface area is 157 Å². The Bertz CT molecular complexity index is 782. The minimum Gasteiger partial charge on any atom is -0.370 e. The SMILES string of the molecule is O=C(Nc1sc2c(c1C[NH+]1CCOCC1)CCCC2)c1ccc(F)cc1. The highest BCUT2D eigenvalue weighted by Gasteiger charge is 2.26. The average Bonchev–Trinajstić information content (AvgIpc) is 3.00. The van der Waals surface area contributed by atoms with Crippen LogP contribution in [0.25, 0.3) is 0 Å². The molecule has 6 heteroatoms. The van der Waals surface area contributed by atoms with Crippen LogP contribution >= 0.6 is 11.3 Å². The van der Waals surface area contributed by atoms with Gasteiger partial charge in [0, 0.05) is 16.0 Å². The van der Waals surface area contributed by atoms with E-state index in [0.717, 1.165) is 50.7 Å². The third kappa shape index (κ3) is 3.82. The molecule has 0 radical (unpaired) electrons. The third-order valence-corrected chi connectivity index (χ3v) is 6.49. The smallest absolute Gasteiger partial charge is 0.256 e. The maximum absolute atomic E-state index is 13.1. The fraction of sp³-hybridized carbons (Fsp3) is 0.450. The summed E-state index contributed by atoms with van der Waals surface area (Å²) in [6.07, 6.45) is 4.67. The molecule has 0 unspecified atom stereocenters. The number of hydrogen-bond donors (Lipinski definition) is 2. The van der Waals surface area contributed by atoms with E-state index < -0.39 is 0 Å². The number of anilines is 1. The first-order valence-electron chi connectivity index (χ1n) is 9.32. The zero-order valence-electron chi connectivity index (χ0n) is 14.8.